The molecule has 2 heterocycles. The van der Waals surface area contributed by atoms with Crippen LogP contribution in [0.1, 0.15) is 38.7 Å². The van der Waals surface area contributed by atoms with Gasteiger partial charge in [0.25, 0.3) is 0 Å². The van der Waals surface area contributed by atoms with E-state index >= 15 is 0 Å². The number of carbonyl (C=O) groups is 1. The van der Waals surface area contributed by atoms with E-state index in [4.69, 9.17) is 15.3 Å². The predicted molar refractivity (Wildman–Crippen MR) is 106 cm³/mol. The first-order chi connectivity index (χ1) is 13.4. The first-order valence-electron chi connectivity index (χ1n) is 9.81. The van der Waals surface area contributed by atoms with Gasteiger partial charge in [0.1, 0.15) is 6.07 Å². The molecule has 2 bridgehead atoms. The summed E-state index contributed by atoms with van der Waals surface area (Å²) in [4.78, 5) is 16.6. The number of hydrogen-bond acceptors (Lipinski definition) is 6. The molecule has 7 heteroatoms. The van der Waals surface area contributed by atoms with Gasteiger partial charge in [0, 0.05) is 44.0 Å². The van der Waals surface area contributed by atoms with Crippen molar-refractivity contribution in [1.29, 1.82) is 10.5 Å². The highest BCUT2D eigenvalue weighted by Gasteiger charge is 2.42. The van der Waals surface area contributed by atoms with E-state index in [-0.39, 0.29) is 6.09 Å². The van der Waals surface area contributed by atoms with Gasteiger partial charge in [0.05, 0.1) is 11.6 Å². The zero-order chi connectivity index (χ0) is 20.1. The lowest BCUT2D eigenvalue weighted by molar-refractivity contribution is 0.0147. The van der Waals surface area contributed by atoms with Crippen molar-refractivity contribution in [2.24, 2.45) is 0 Å². The average Bonchev–Trinajstić information content (AvgIpc) is 2.92. The van der Waals surface area contributed by atoms with Gasteiger partial charge in [0.15, 0.2) is 5.60 Å². The minimum absolute atomic E-state index is 0.367. The molecular weight excluding hydrogens is 354 g/mol. The minimum Gasteiger partial charge on any atom is -0.428 e. The molecule has 1 aromatic carbocycles. The van der Waals surface area contributed by atoms with Crippen LogP contribution in [-0.4, -0.2) is 59.8 Å². The van der Waals surface area contributed by atoms with Crippen molar-refractivity contribution < 1.29 is 9.53 Å². The van der Waals surface area contributed by atoms with E-state index < -0.39 is 5.60 Å². The SMILES string of the molecule is CC(C)(C#N)OC(=O)N1CC2CCC(C1)N2CCCNc1ccc(C#N)cc1. The molecule has 0 spiro atoms. The average molecular weight is 381 g/mol. The third-order valence-corrected chi connectivity index (χ3v) is 5.44. The van der Waals surface area contributed by atoms with E-state index in [2.05, 4.69) is 16.3 Å². The van der Waals surface area contributed by atoms with E-state index in [0.717, 1.165) is 38.0 Å². The summed E-state index contributed by atoms with van der Waals surface area (Å²) in [5.41, 5.74) is 0.594. The molecule has 0 saturated carbocycles. The Hall–Kier alpha value is -2.77. The Kier molecular flexibility index (Phi) is 6.06. The van der Waals surface area contributed by atoms with Crippen LogP contribution in [0.3, 0.4) is 0 Å². The van der Waals surface area contributed by atoms with Gasteiger partial charge >= 0.3 is 6.09 Å². The number of hydrogen-bond donors (Lipinski definition) is 1. The third kappa shape index (κ3) is 4.74. The monoisotopic (exact) mass is 381 g/mol. The number of piperazine rings is 1. The molecule has 0 aromatic heterocycles. The number of nitrogens with one attached hydrogen (secondary N) is 1. The van der Waals surface area contributed by atoms with Crippen molar-refractivity contribution in [3.8, 4) is 12.1 Å². The fourth-order valence-electron chi connectivity index (χ4n) is 3.97. The Bertz CT molecular complexity index is 763. The molecule has 148 valence electrons. The number of amides is 1. The number of rotatable bonds is 6. The summed E-state index contributed by atoms with van der Waals surface area (Å²) < 4.78 is 5.33. The van der Waals surface area contributed by atoms with Crippen molar-refractivity contribution >= 4 is 11.8 Å². The molecule has 3 rings (SSSR count). The fraction of sp³-hybridized carbons (Fsp3) is 0.571. The Morgan fingerprint density at radius 1 is 1.21 bits per heavy atom. The van der Waals surface area contributed by atoms with Crippen LogP contribution in [0.2, 0.25) is 0 Å². The Balaban J connectivity index is 1.44. The van der Waals surface area contributed by atoms with Crippen molar-refractivity contribution in [2.75, 3.05) is 31.5 Å². The smallest absolute Gasteiger partial charge is 0.411 e. The molecule has 2 aliphatic heterocycles. The van der Waals surface area contributed by atoms with Gasteiger partial charge in [-0.2, -0.15) is 10.5 Å². The van der Waals surface area contributed by atoms with E-state index in [9.17, 15) is 4.79 Å². The number of ether oxygens (including phenoxy) is 1. The summed E-state index contributed by atoms with van der Waals surface area (Å²) in [6, 6.07) is 12.3. The Morgan fingerprint density at radius 3 is 2.43 bits per heavy atom. The second-order valence-electron chi connectivity index (χ2n) is 7.99. The Labute approximate surface area is 166 Å². The van der Waals surface area contributed by atoms with Crippen LogP contribution < -0.4 is 5.32 Å². The summed E-state index contributed by atoms with van der Waals surface area (Å²) in [6.45, 7) is 6.40. The molecule has 2 aliphatic rings. The minimum atomic E-state index is -1.09. The van der Waals surface area contributed by atoms with Gasteiger partial charge in [-0.25, -0.2) is 4.79 Å². The standard InChI is InChI=1S/C21H27N5O2/c1-21(2,15-23)28-20(27)25-13-18-8-9-19(14-25)26(18)11-3-10-24-17-6-4-16(12-22)5-7-17/h4-7,18-19,24H,3,8-11,13-14H2,1-2H3. The van der Waals surface area contributed by atoms with E-state index in [0.29, 0.717) is 30.7 Å². The van der Waals surface area contributed by atoms with Crippen LogP contribution in [0.15, 0.2) is 24.3 Å². The molecule has 2 saturated heterocycles. The lowest BCUT2D eigenvalue weighted by atomic mass is 10.1. The number of fused-ring (bicyclic) bond motifs is 2. The topological polar surface area (TPSA) is 92.4 Å². The first kappa shape index (κ1) is 20.0. The zero-order valence-electron chi connectivity index (χ0n) is 16.5. The third-order valence-electron chi connectivity index (χ3n) is 5.44. The van der Waals surface area contributed by atoms with Crippen LogP contribution in [0.25, 0.3) is 0 Å². The van der Waals surface area contributed by atoms with Crippen molar-refractivity contribution in [3.63, 3.8) is 0 Å². The van der Waals surface area contributed by atoms with Gasteiger partial charge in [-0.15, -0.1) is 0 Å². The van der Waals surface area contributed by atoms with E-state index in [1.807, 2.05) is 30.3 Å². The molecular formula is C21H27N5O2. The number of anilines is 1. The summed E-state index contributed by atoms with van der Waals surface area (Å²) in [6.07, 6.45) is 2.82. The predicted octanol–water partition coefficient (Wildman–Crippen LogP) is 2.95. The number of carbonyl (C=O) groups excluding carboxylic acids is 1. The second-order valence-corrected chi connectivity index (χ2v) is 7.99. The Morgan fingerprint density at radius 2 is 1.86 bits per heavy atom. The quantitative estimate of drug-likeness (QED) is 0.762. The van der Waals surface area contributed by atoms with Crippen LogP contribution in [0.5, 0.6) is 0 Å². The summed E-state index contributed by atoms with van der Waals surface area (Å²) >= 11 is 0. The maximum absolute atomic E-state index is 12.4. The maximum Gasteiger partial charge on any atom is 0.411 e. The van der Waals surface area contributed by atoms with E-state index in [1.54, 1.807) is 18.7 Å². The molecule has 1 N–H and O–H groups in total. The highest BCUT2D eigenvalue weighted by Crippen LogP contribution is 2.31. The molecule has 1 amide bonds. The maximum atomic E-state index is 12.4. The summed E-state index contributed by atoms with van der Waals surface area (Å²) in [5.74, 6) is 0. The fourth-order valence-corrected chi connectivity index (χ4v) is 3.97. The number of likely N-dealkylation sites (tertiary alicyclic amines) is 1. The van der Waals surface area contributed by atoms with Crippen LogP contribution in [0, 0.1) is 22.7 Å². The van der Waals surface area contributed by atoms with E-state index in [1.165, 1.54) is 0 Å². The lowest BCUT2D eigenvalue weighted by Gasteiger charge is -2.41. The molecule has 28 heavy (non-hydrogen) atoms. The second kappa shape index (κ2) is 8.50. The number of nitrogens with zero attached hydrogens (tertiary/aromatic N) is 4. The highest BCUT2D eigenvalue weighted by atomic mass is 16.6. The van der Waals surface area contributed by atoms with Crippen LogP contribution in [0.4, 0.5) is 10.5 Å². The van der Waals surface area contributed by atoms with Crippen molar-refractivity contribution in [3.05, 3.63) is 29.8 Å². The number of nitriles is 2. The van der Waals surface area contributed by atoms with Crippen molar-refractivity contribution in [2.45, 2.75) is 50.8 Å². The molecule has 0 aliphatic carbocycles. The summed E-state index contributed by atoms with van der Waals surface area (Å²) in [7, 11) is 0. The molecule has 7 nitrogen and oxygen atoms in total. The molecule has 1 aromatic rings. The highest BCUT2D eigenvalue weighted by molar-refractivity contribution is 5.69. The molecule has 2 unspecified atom stereocenters. The van der Waals surface area contributed by atoms with Gasteiger partial charge in [-0.05, 0) is 57.4 Å². The molecule has 2 atom stereocenters. The molecule has 0 radical (unpaired) electrons. The normalized spacial score (nSPS) is 21.6. The van der Waals surface area contributed by atoms with Crippen molar-refractivity contribution in [1.82, 2.24) is 9.80 Å². The molecule has 2 fully saturated rings. The zero-order valence-corrected chi connectivity index (χ0v) is 16.5. The number of benzene rings is 1. The first-order valence-corrected chi connectivity index (χ1v) is 9.81. The largest absolute Gasteiger partial charge is 0.428 e. The van der Waals surface area contributed by atoms with Gasteiger partial charge < -0.3 is 15.0 Å². The summed E-state index contributed by atoms with van der Waals surface area (Å²) in [5, 5.41) is 21.3. The van der Waals surface area contributed by atoms with Crippen LogP contribution in [-0.2, 0) is 4.74 Å². The van der Waals surface area contributed by atoms with Gasteiger partial charge in [-0.1, -0.05) is 0 Å². The van der Waals surface area contributed by atoms with Crippen LogP contribution >= 0.6 is 0 Å². The van der Waals surface area contributed by atoms with Gasteiger partial charge in [-0.3, -0.25) is 4.90 Å². The van der Waals surface area contributed by atoms with Gasteiger partial charge in [0.2, 0.25) is 0 Å². The lowest BCUT2D eigenvalue weighted by Crippen LogP contribution is -2.56.